The number of hydrogen-bond donors (Lipinski definition) is 1. The summed E-state index contributed by atoms with van der Waals surface area (Å²) in [6.07, 6.45) is -1.37. The van der Waals surface area contributed by atoms with Gasteiger partial charge in [0.05, 0.1) is 5.56 Å². The first-order valence-electron chi connectivity index (χ1n) is 5.12. The fourth-order valence-electron chi connectivity index (χ4n) is 2.17. The lowest BCUT2D eigenvalue weighted by Crippen LogP contribution is -2.48. The second kappa shape index (κ2) is 3.40. The van der Waals surface area contributed by atoms with Gasteiger partial charge in [0.1, 0.15) is 6.54 Å². The van der Waals surface area contributed by atoms with Crippen LogP contribution in [0.3, 0.4) is 0 Å². The largest absolute Gasteiger partial charge is 0.617 e. The number of quaternary nitrogens is 1. The number of nitrogens with zero attached hydrogens (tertiary/aromatic N) is 1. The Balaban J connectivity index is 2.32. The summed E-state index contributed by atoms with van der Waals surface area (Å²) in [6.45, 7) is -0.0365. The van der Waals surface area contributed by atoms with E-state index in [2.05, 4.69) is 0 Å². The lowest BCUT2D eigenvalue weighted by molar-refractivity contribution is 0.161. The van der Waals surface area contributed by atoms with Crippen molar-refractivity contribution in [1.82, 2.24) is 4.65 Å². The molecular formula is C12H9NO3S. The molecule has 2 heterocycles. The summed E-state index contributed by atoms with van der Waals surface area (Å²) < 4.78 is -1.32. The number of hydroxylamine groups is 2. The van der Waals surface area contributed by atoms with E-state index < -0.39 is 10.7 Å². The Morgan fingerprint density at radius 2 is 2.12 bits per heavy atom. The number of fused-ring (bicyclic) bond motifs is 3. The Hall–Kier alpha value is -1.69. The van der Waals surface area contributed by atoms with Crippen LogP contribution in [0.15, 0.2) is 35.7 Å². The van der Waals surface area contributed by atoms with E-state index in [9.17, 15) is 15.1 Å². The van der Waals surface area contributed by atoms with Crippen LogP contribution in [0, 0.1) is 5.21 Å². The standard InChI is InChI=1S/C12H9NO3S/c14-12(15)13(16)7-8-5-6-17-11(8)9-3-1-2-4-10(9)13/h1-6H,7H2,(H,14,15). The molecule has 0 saturated carbocycles. The van der Waals surface area contributed by atoms with Crippen LogP contribution in [0.1, 0.15) is 5.56 Å². The highest BCUT2D eigenvalue weighted by atomic mass is 32.1. The third-order valence-corrected chi connectivity index (χ3v) is 3.98. The molecule has 1 unspecified atom stereocenters. The molecular weight excluding hydrogens is 238 g/mol. The first-order valence-corrected chi connectivity index (χ1v) is 6.00. The summed E-state index contributed by atoms with van der Waals surface area (Å²) in [6, 6.07) is 8.74. The Labute approximate surface area is 102 Å². The maximum atomic E-state index is 12.4. The summed E-state index contributed by atoms with van der Waals surface area (Å²) in [4.78, 5) is 12.2. The Morgan fingerprint density at radius 1 is 1.35 bits per heavy atom. The number of thiophene rings is 1. The molecule has 0 saturated heterocycles. The molecule has 2 aromatic rings. The number of hydrogen-bond acceptors (Lipinski definition) is 3. The molecule has 0 fully saturated rings. The lowest BCUT2D eigenvalue weighted by Gasteiger charge is -2.39. The SMILES string of the molecule is O=C(O)[N+]1([O-])Cc2ccsc2-c2ccccc21. The third kappa shape index (κ3) is 1.33. The van der Waals surface area contributed by atoms with Gasteiger partial charge in [-0.05, 0) is 17.5 Å². The highest BCUT2D eigenvalue weighted by molar-refractivity contribution is 7.13. The first-order chi connectivity index (χ1) is 8.13. The molecule has 0 aliphatic carbocycles. The molecule has 1 amide bonds. The normalized spacial score (nSPS) is 21.7. The molecule has 0 bridgehead atoms. The van der Waals surface area contributed by atoms with Crippen molar-refractivity contribution in [3.05, 3.63) is 46.5 Å². The summed E-state index contributed by atoms with van der Waals surface area (Å²) in [7, 11) is 0. The average molecular weight is 247 g/mol. The van der Waals surface area contributed by atoms with E-state index in [4.69, 9.17) is 0 Å². The number of rotatable bonds is 0. The van der Waals surface area contributed by atoms with E-state index in [-0.39, 0.29) is 6.54 Å². The predicted octanol–water partition coefficient (Wildman–Crippen LogP) is 3.41. The smallest absolute Gasteiger partial charge is 0.519 e. The topological polar surface area (TPSA) is 60.4 Å². The van der Waals surface area contributed by atoms with Gasteiger partial charge in [-0.1, -0.05) is 12.1 Å². The first kappa shape index (κ1) is 10.5. The third-order valence-electron chi connectivity index (χ3n) is 2.99. The Morgan fingerprint density at radius 3 is 2.88 bits per heavy atom. The Kier molecular flexibility index (Phi) is 2.09. The molecule has 1 aliphatic heterocycles. The summed E-state index contributed by atoms with van der Waals surface area (Å²) in [5, 5.41) is 23.5. The maximum Gasteiger partial charge on any atom is 0.519 e. The van der Waals surface area contributed by atoms with Crippen molar-refractivity contribution in [3.8, 4) is 10.4 Å². The number of benzene rings is 1. The van der Waals surface area contributed by atoms with Gasteiger partial charge >= 0.3 is 6.09 Å². The molecule has 17 heavy (non-hydrogen) atoms. The molecule has 1 aromatic heterocycles. The Bertz CT molecular complexity index is 607. The van der Waals surface area contributed by atoms with Gasteiger partial charge in [-0.3, -0.25) is 0 Å². The van der Waals surface area contributed by atoms with Gasteiger partial charge in [0, 0.05) is 16.5 Å². The molecule has 0 radical (unpaired) electrons. The van der Waals surface area contributed by atoms with E-state index in [0.29, 0.717) is 5.69 Å². The van der Waals surface area contributed by atoms with Crippen molar-refractivity contribution in [1.29, 1.82) is 0 Å². The van der Waals surface area contributed by atoms with Crippen molar-refractivity contribution in [3.63, 3.8) is 0 Å². The molecule has 86 valence electrons. The minimum Gasteiger partial charge on any atom is -0.617 e. The van der Waals surface area contributed by atoms with Crippen molar-refractivity contribution in [2.24, 2.45) is 0 Å². The summed E-state index contributed by atoms with van der Waals surface area (Å²) >= 11 is 1.54. The van der Waals surface area contributed by atoms with Gasteiger partial charge in [0.15, 0.2) is 5.69 Å². The zero-order valence-electron chi connectivity index (χ0n) is 8.79. The van der Waals surface area contributed by atoms with Crippen molar-refractivity contribution in [2.75, 3.05) is 0 Å². The van der Waals surface area contributed by atoms with Gasteiger partial charge in [0.25, 0.3) is 0 Å². The van der Waals surface area contributed by atoms with Crippen LogP contribution in [-0.2, 0) is 6.54 Å². The predicted molar refractivity (Wildman–Crippen MR) is 66.6 cm³/mol. The summed E-state index contributed by atoms with van der Waals surface area (Å²) in [5.41, 5.74) is 1.86. The van der Waals surface area contributed by atoms with E-state index in [1.165, 1.54) is 11.3 Å². The highest BCUT2D eigenvalue weighted by Crippen LogP contribution is 2.45. The maximum absolute atomic E-state index is 12.4. The van der Waals surface area contributed by atoms with Crippen LogP contribution in [0.4, 0.5) is 10.5 Å². The molecule has 0 spiro atoms. The second-order valence-corrected chi connectivity index (χ2v) is 4.89. The highest BCUT2D eigenvalue weighted by Gasteiger charge is 2.38. The van der Waals surface area contributed by atoms with Crippen molar-refractivity contribution >= 4 is 23.1 Å². The van der Waals surface area contributed by atoms with Crippen LogP contribution in [0.25, 0.3) is 10.4 Å². The zero-order chi connectivity index (χ0) is 12.0. The lowest BCUT2D eigenvalue weighted by atomic mass is 10.0. The van der Waals surface area contributed by atoms with Gasteiger partial charge in [-0.2, -0.15) is 4.79 Å². The van der Waals surface area contributed by atoms with Crippen LogP contribution in [0.5, 0.6) is 0 Å². The van der Waals surface area contributed by atoms with Crippen molar-refractivity contribution in [2.45, 2.75) is 6.54 Å². The fraction of sp³-hybridized carbons (Fsp3) is 0.0833. The molecule has 3 rings (SSSR count). The monoisotopic (exact) mass is 247 g/mol. The second-order valence-electron chi connectivity index (χ2n) is 3.97. The van der Waals surface area contributed by atoms with Gasteiger partial charge in [-0.15, -0.1) is 11.3 Å². The number of carboxylic acid groups (broad SMARTS) is 1. The number of para-hydroxylation sites is 1. The van der Waals surface area contributed by atoms with E-state index >= 15 is 0 Å². The van der Waals surface area contributed by atoms with Crippen molar-refractivity contribution < 1.29 is 9.90 Å². The number of amides is 1. The molecule has 1 atom stereocenters. The summed E-state index contributed by atoms with van der Waals surface area (Å²) in [5.74, 6) is 0. The van der Waals surface area contributed by atoms with Gasteiger partial charge in [0.2, 0.25) is 0 Å². The molecule has 1 aliphatic rings. The number of carbonyl (C=O) groups is 1. The van der Waals surface area contributed by atoms with Crippen LogP contribution in [0.2, 0.25) is 0 Å². The zero-order valence-corrected chi connectivity index (χ0v) is 9.61. The van der Waals surface area contributed by atoms with Gasteiger partial charge < -0.3 is 10.3 Å². The van der Waals surface area contributed by atoms with Crippen LogP contribution < -0.4 is 4.65 Å². The molecule has 1 aromatic carbocycles. The van der Waals surface area contributed by atoms with Crippen LogP contribution in [-0.4, -0.2) is 11.2 Å². The fourth-order valence-corrected chi connectivity index (χ4v) is 3.12. The van der Waals surface area contributed by atoms with Crippen LogP contribution >= 0.6 is 11.3 Å². The minimum absolute atomic E-state index is 0.0365. The van der Waals surface area contributed by atoms with E-state index in [1.807, 2.05) is 17.5 Å². The minimum atomic E-state index is -1.37. The average Bonchev–Trinajstić information content (AvgIpc) is 2.77. The molecule has 5 heteroatoms. The van der Waals surface area contributed by atoms with E-state index in [0.717, 1.165) is 16.0 Å². The van der Waals surface area contributed by atoms with E-state index in [1.54, 1.807) is 18.2 Å². The quantitative estimate of drug-likeness (QED) is 0.573. The molecule has 1 N–H and O–H groups in total. The molecule has 4 nitrogen and oxygen atoms in total. The van der Waals surface area contributed by atoms with Gasteiger partial charge in [-0.25, -0.2) is 4.65 Å².